The molecule has 88 valence electrons. The Kier molecular flexibility index (Phi) is 3.49. The molecule has 2 nitrogen and oxygen atoms in total. The van der Waals surface area contributed by atoms with Crippen molar-refractivity contribution >= 4 is 0 Å². The van der Waals surface area contributed by atoms with E-state index in [4.69, 9.17) is 9.47 Å². The van der Waals surface area contributed by atoms with Crippen LogP contribution in [0.25, 0.3) is 0 Å². The number of benzene rings is 1. The summed E-state index contributed by atoms with van der Waals surface area (Å²) in [6.45, 7) is 4.45. The van der Waals surface area contributed by atoms with Gasteiger partial charge in [0.25, 0.3) is 0 Å². The first kappa shape index (κ1) is 11.5. The molecule has 1 heterocycles. The van der Waals surface area contributed by atoms with E-state index in [-0.39, 0.29) is 0 Å². The van der Waals surface area contributed by atoms with Crippen LogP contribution in [0.1, 0.15) is 25.8 Å². The number of rotatable bonds is 5. The van der Waals surface area contributed by atoms with Crippen molar-refractivity contribution in [1.29, 1.82) is 0 Å². The maximum Gasteiger partial charge on any atom is 0.119 e. The second-order valence-electron chi connectivity index (χ2n) is 4.58. The third-order valence-corrected chi connectivity index (χ3v) is 3.28. The molecule has 2 rings (SSSR count). The zero-order chi connectivity index (χ0) is 11.5. The van der Waals surface area contributed by atoms with Crippen molar-refractivity contribution in [3.63, 3.8) is 0 Å². The Bertz CT molecular complexity index is 348. The van der Waals surface area contributed by atoms with Crippen molar-refractivity contribution in [2.24, 2.45) is 5.92 Å². The van der Waals surface area contributed by atoms with E-state index >= 15 is 0 Å². The highest BCUT2D eigenvalue weighted by Gasteiger charge is 2.40. The van der Waals surface area contributed by atoms with Crippen LogP contribution in [-0.2, 0) is 11.2 Å². The van der Waals surface area contributed by atoms with E-state index < -0.39 is 0 Å². The van der Waals surface area contributed by atoms with Gasteiger partial charge in [0, 0.05) is 0 Å². The molecule has 1 aliphatic rings. The molecule has 0 aromatic heterocycles. The van der Waals surface area contributed by atoms with Crippen LogP contribution < -0.4 is 4.74 Å². The number of hydrogen-bond donors (Lipinski definition) is 0. The number of hydrogen-bond acceptors (Lipinski definition) is 2. The molecule has 0 amide bonds. The van der Waals surface area contributed by atoms with Gasteiger partial charge in [-0.1, -0.05) is 26.0 Å². The third-order valence-electron chi connectivity index (χ3n) is 3.28. The van der Waals surface area contributed by atoms with Crippen LogP contribution in [0.15, 0.2) is 24.3 Å². The summed E-state index contributed by atoms with van der Waals surface area (Å²) in [7, 11) is 1.71. The molecular formula is C14H20O2. The average molecular weight is 220 g/mol. The van der Waals surface area contributed by atoms with E-state index in [1.165, 1.54) is 5.56 Å². The lowest BCUT2D eigenvalue weighted by Gasteiger charge is -2.09. The van der Waals surface area contributed by atoms with Crippen molar-refractivity contribution in [2.45, 2.75) is 38.9 Å². The second kappa shape index (κ2) is 4.88. The summed E-state index contributed by atoms with van der Waals surface area (Å²) in [5, 5.41) is 0. The fraction of sp³-hybridized carbons (Fsp3) is 0.571. The molecule has 0 radical (unpaired) electrons. The molecule has 0 spiro atoms. The largest absolute Gasteiger partial charge is 0.497 e. The maximum absolute atomic E-state index is 5.63. The van der Waals surface area contributed by atoms with Gasteiger partial charge in [-0.3, -0.25) is 0 Å². The smallest absolute Gasteiger partial charge is 0.119 e. The molecule has 2 heteroatoms. The molecule has 0 aliphatic carbocycles. The average Bonchev–Trinajstić information content (AvgIpc) is 3.08. The van der Waals surface area contributed by atoms with Gasteiger partial charge in [0.2, 0.25) is 0 Å². The standard InChI is InChI=1S/C14H20O2/c1-4-13-14(16-13)10(2)8-11-6-5-7-12(9-11)15-3/h5-7,9-10,13-14H,4,8H2,1-3H3. The summed E-state index contributed by atoms with van der Waals surface area (Å²) in [4.78, 5) is 0. The summed E-state index contributed by atoms with van der Waals surface area (Å²) in [5.74, 6) is 1.53. The van der Waals surface area contributed by atoms with Gasteiger partial charge in [0.1, 0.15) is 5.75 Å². The first-order valence-corrected chi connectivity index (χ1v) is 6.03. The summed E-state index contributed by atoms with van der Waals surface area (Å²) in [6, 6.07) is 8.30. The van der Waals surface area contributed by atoms with Crippen molar-refractivity contribution in [3.8, 4) is 5.75 Å². The molecule has 3 atom stereocenters. The summed E-state index contributed by atoms with van der Waals surface area (Å²) in [5.41, 5.74) is 1.33. The highest BCUT2D eigenvalue weighted by molar-refractivity contribution is 5.28. The monoisotopic (exact) mass is 220 g/mol. The Morgan fingerprint density at radius 3 is 2.88 bits per heavy atom. The van der Waals surface area contributed by atoms with Crippen LogP contribution in [0.5, 0.6) is 5.75 Å². The Balaban J connectivity index is 1.93. The maximum atomic E-state index is 5.63. The quantitative estimate of drug-likeness (QED) is 0.711. The number of epoxide rings is 1. The summed E-state index contributed by atoms with van der Waals surface area (Å²) >= 11 is 0. The molecular weight excluding hydrogens is 200 g/mol. The fourth-order valence-electron chi connectivity index (χ4n) is 2.27. The molecule has 1 fully saturated rings. The molecule has 0 N–H and O–H groups in total. The zero-order valence-corrected chi connectivity index (χ0v) is 10.3. The zero-order valence-electron chi connectivity index (χ0n) is 10.3. The van der Waals surface area contributed by atoms with E-state index in [0.717, 1.165) is 18.6 Å². The van der Waals surface area contributed by atoms with E-state index in [0.29, 0.717) is 18.1 Å². The molecule has 0 saturated carbocycles. The number of ether oxygens (including phenoxy) is 2. The topological polar surface area (TPSA) is 21.8 Å². The van der Waals surface area contributed by atoms with Crippen LogP contribution in [0.4, 0.5) is 0 Å². The molecule has 16 heavy (non-hydrogen) atoms. The summed E-state index contributed by atoms with van der Waals surface area (Å²) < 4.78 is 10.8. The lowest BCUT2D eigenvalue weighted by atomic mass is 9.96. The Morgan fingerprint density at radius 1 is 1.44 bits per heavy atom. The van der Waals surface area contributed by atoms with Gasteiger partial charge < -0.3 is 9.47 Å². The first-order chi connectivity index (χ1) is 7.74. The fourth-order valence-corrected chi connectivity index (χ4v) is 2.27. The van der Waals surface area contributed by atoms with Gasteiger partial charge in [-0.05, 0) is 36.5 Å². The summed E-state index contributed by atoms with van der Waals surface area (Å²) in [6.07, 6.45) is 3.17. The Labute approximate surface area is 97.6 Å². The molecule has 3 unspecified atom stereocenters. The van der Waals surface area contributed by atoms with Gasteiger partial charge in [-0.15, -0.1) is 0 Å². The van der Waals surface area contributed by atoms with Crippen LogP contribution in [-0.4, -0.2) is 19.3 Å². The van der Waals surface area contributed by atoms with E-state index in [2.05, 4.69) is 26.0 Å². The van der Waals surface area contributed by atoms with Gasteiger partial charge in [0.05, 0.1) is 19.3 Å². The second-order valence-corrected chi connectivity index (χ2v) is 4.58. The van der Waals surface area contributed by atoms with Gasteiger partial charge in [0.15, 0.2) is 0 Å². The minimum Gasteiger partial charge on any atom is -0.497 e. The van der Waals surface area contributed by atoms with Crippen molar-refractivity contribution in [3.05, 3.63) is 29.8 Å². The van der Waals surface area contributed by atoms with Crippen LogP contribution >= 0.6 is 0 Å². The van der Waals surface area contributed by atoms with Crippen LogP contribution in [0, 0.1) is 5.92 Å². The van der Waals surface area contributed by atoms with E-state index in [1.54, 1.807) is 7.11 Å². The molecule has 0 bridgehead atoms. The van der Waals surface area contributed by atoms with E-state index in [9.17, 15) is 0 Å². The molecule has 1 aromatic rings. The number of methoxy groups -OCH3 is 1. The lowest BCUT2D eigenvalue weighted by molar-refractivity contribution is 0.322. The van der Waals surface area contributed by atoms with Crippen molar-refractivity contribution < 1.29 is 9.47 Å². The lowest BCUT2D eigenvalue weighted by Crippen LogP contribution is -2.09. The van der Waals surface area contributed by atoms with E-state index in [1.807, 2.05) is 12.1 Å². The normalized spacial score (nSPS) is 25.2. The predicted octanol–water partition coefficient (Wildman–Crippen LogP) is 3.05. The van der Waals surface area contributed by atoms with Crippen LogP contribution in [0.2, 0.25) is 0 Å². The van der Waals surface area contributed by atoms with Gasteiger partial charge >= 0.3 is 0 Å². The first-order valence-electron chi connectivity index (χ1n) is 6.03. The molecule has 1 saturated heterocycles. The SMILES string of the molecule is CCC1OC1C(C)Cc1cccc(OC)c1. The Morgan fingerprint density at radius 2 is 2.25 bits per heavy atom. The van der Waals surface area contributed by atoms with Gasteiger partial charge in [-0.25, -0.2) is 0 Å². The molecule has 1 aliphatic heterocycles. The Hall–Kier alpha value is -1.02. The predicted molar refractivity (Wildman–Crippen MR) is 64.8 cm³/mol. The minimum absolute atomic E-state index is 0.469. The minimum atomic E-state index is 0.469. The van der Waals surface area contributed by atoms with Crippen LogP contribution in [0.3, 0.4) is 0 Å². The highest BCUT2D eigenvalue weighted by atomic mass is 16.6. The van der Waals surface area contributed by atoms with Gasteiger partial charge in [-0.2, -0.15) is 0 Å². The third kappa shape index (κ3) is 2.56. The van der Waals surface area contributed by atoms with Crippen molar-refractivity contribution in [1.82, 2.24) is 0 Å². The highest BCUT2D eigenvalue weighted by Crippen LogP contribution is 2.33. The molecule has 1 aromatic carbocycles. The van der Waals surface area contributed by atoms with Crippen molar-refractivity contribution in [2.75, 3.05) is 7.11 Å².